The van der Waals surface area contributed by atoms with E-state index in [4.69, 9.17) is 5.73 Å². The summed E-state index contributed by atoms with van der Waals surface area (Å²) in [5.74, 6) is 1.49. The second kappa shape index (κ2) is 4.88. The van der Waals surface area contributed by atoms with E-state index in [1.54, 1.807) is 0 Å². The van der Waals surface area contributed by atoms with Gasteiger partial charge in [0.1, 0.15) is 0 Å². The largest absolute Gasteiger partial charge is 0.322 e. The molecule has 2 N–H and O–H groups in total. The maximum absolute atomic E-state index is 6.37. The number of rotatable bonds is 2. The Morgan fingerprint density at radius 2 is 2.06 bits per heavy atom. The topological polar surface area (TPSA) is 43.8 Å². The molecule has 0 amide bonds. The molecule has 90 valence electrons. The highest BCUT2D eigenvalue weighted by molar-refractivity contribution is 9.10. The summed E-state index contributed by atoms with van der Waals surface area (Å²) in [7, 11) is 1.96. The lowest BCUT2D eigenvalue weighted by atomic mass is 9.78. The highest BCUT2D eigenvalue weighted by Crippen LogP contribution is 2.37. The van der Waals surface area contributed by atoms with Crippen LogP contribution in [0.1, 0.15) is 44.3 Å². The van der Waals surface area contributed by atoms with Crippen LogP contribution < -0.4 is 5.73 Å². The molecule has 1 aliphatic carbocycles. The SMILES string of the molecule is CC1CCC(C(N)c2c(Br)cnn2C)CC1. The number of nitrogens with zero attached hydrogens (tertiary/aromatic N) is 2. The van der Waals surface area contributed by atoms with Crippen molar-refractivity contribution < 1.29 is 0 Å². The quantitative estimate of drug-likeness (QED) is 0.908. The van der Waals surface area contributed by atoms with Crippen molar-refractivity contribution in [1.29, 1.82) is 0 Å². The molecule has 16 heavy (non-hydrogen) atoms. The molecule has 1 aliphatic rings. The number of aryl methyl sites for hydroxylation is 1. The van der Waals surface area contributed by atoms with Gasteiger partial charge in [0.25, 0.3) is 0 Å². The van der Waals surface area contributed by atoms with E-state index in [2.05, 4.69) is 28.0 Å². The molecule has 2 rings (SSSR count). The minimum absolute atomic E-state index is 0.120. The predicted molar refractivity (Wildman–Crippen MR) is 69.0 cm³/mol. The van der Waals surface area contributed by atoms with Gasteiger partial charge in [-0.15, -0.1) is 0 Å². The van der Waals surface area contributed by atoms with Gasteiger partial charge in [0.2, 0.25) is 0 Å². The molecule has 0 saturated heterocycles. The van der Waals surface area contributed by atoms with E-state index in [-0.39, 0.29) is 6.04 Å². The normalized spacial score (nSPS) is 28.0. The molecule has 1 fully saturated rings. The van der Waals surface area contributed by atoms with Gasteiger partial charge in [0.15, 0.2) is 0 Å². The fourth-order valence-electron chi connectivity index (χ4n) is 2.66. The molecule has 1 unspecified atom stereocenters. The van der Waals surface area contributed by atoms with Crippen LogP contribution >= 0.6 is 15.9 Å². The minimum Gasteiger partial charge on any atom is -0.322 e. The van der Waals surface area contributed by atoms with Gasteiger partial charge in [-0.1, -0.05) is 19.8 Å². The van der Waals surface area contributed by atoms with E-state index in [1.165, 1.54) is 25.7 Å². The van der Waals surface area contributed by atoms with Crippen LogP contribution in [0.2, 0.25) is 0 Å². The summed E-state index contributed by atoms with van der Waals surface area (Å²) < 4.78 is 2.94. The molecule has 0 radical (unpaired) electrons. The summed E-state index contributed by atoms with van der Waals surface area (Å²) in [4.78, 5) is 0. The third kappa shape index (κ3) is 2.33. The van der Waals surface area contributed by atoms with Gasteiger partial charge in [0.05, 0.1) is 22.4 Å². The number of hydrogen-bond acceptors (Lipinski definition) is 2. The minimum atomic E-state index is 0.120. The fraction of sp³-hybridized carbons (Fsp3) is 0.750. The van der Waals surface area contributed by atoms with Crippen LogP contribution in [-0.4, -0.2) is 9.78 Å². The Morgan fingerprint density at radius 3 is 2.56 bits per heavy atom. The van der Waals surface area contributed by atoms with Gasteiger partial charge in [-0.2, -0.15) is 5.10 Å². The lowest BCUT2D eigenvalue weighted by Gasteiger charge is -2.30. The molecule has 0 aromatic carbocycles. The highest BCUT2D eigenvalue weighted by Gasteiger charge is 2.27. The van der Waals surface area contributed by atoms with Crippen LogP contribution in [0.4, 0.5) is 0 Å². The smallest absolute Gasteiger partial charge is 0.0692 e. The van der Waals surface area contributed by atoms with Gasteiger partial charge in [-0.3, -0.25) is 4.68 Å². The highest BCUT2D eigenvalue weighted by atomic mass is 79.9. The monoisotopic (exact) mass is 285 g/mol. The average Bonchev–Trinajstić information content (AvgIpc) is 2.59. The zero-order chi connectivity index (χ0) is 11.7. The average molecular weight is 286 g/mol. The predicted octanol–water partition coefficient (Wildman–Crippen LogP) is 3.01. The van der Waals surface area contributed by atoms with E-state index in [9.17, 15) is 0 Å². The molecule has 0 aliphatic heterocycles. The van der Waals surface area contributed by atoms with Gasteiger partial charge in [-0.05, 0) is 40.6 Å². The zero-order valence-corrected chi connectivity index (χ0v) is 11.6. The van der Waals surface area contributed by atoms with Crippen LogP contribution in [0.5, 0.6) is 0 Å². The Hall–Kier alpha value is -0.350. The van der Waals surface area contributed by atoms with E-state index in [0.717, 1.165) is 16.1 Å². The van der Waals surface area contributed by atoms with Crippen LogP contribution in [0, 0.1) is 11.8 Å². The fourth-order valence-corrected chi connectivity index (χ4v) is 3.28. The summed E-state index contributed by atoms with van der Waals surface area (Å²) in [5, 5.41) is 4.24. The summed E-state index contributed by atoms with van der Waals surface area (Å²) in [6.07, 6.45) is 6.96. The molecular formula is C12H20BrN3. The third-order valence-electron chi connectivity index (χ3n) is 3.82. The van der Waals surface area contributed by atoms with Crippen molar-refractivity contribution in [2.45, 2.75) is 38.6 Å². The van der Waals surface area contributed by atoms with Gasteiger partial charge < -0.3 is 5.73 Å². The van der Waals surface area contributed by atoms with Crippen molar-refractivity contribution in [2.75, 3.05) is 0 Å². The Balaban J connectivity index is 2.10. The molecule has 3 nitrogen and oxygen atoms in total. The lowest BCUT2D eigenvalue weighted by molar-refractivity contribution is 0.250. The van der Waals surface area contributed by atoms with Crippen LogP contribution in [0.3, 0.4) is 0 Å². The molecule has 1 atom stereocenters. The van der Waals surface area contributed by atoms with Crippen LogP contribution in [0.15, 0.2) is 10.7 Å². The summed E-state index contributed by atoms with van der Waals surface area (Å²) in [6.45, 7) is 2.34. The molecule has 1 aromatic heterocycles. The van der Waals surface area contributed by atoms with E-state index < -0.39 is 0 Å². The molecule has 4 heteroatoms. The van der Waals surface area contributed by atoms with Gasteiger partial charge >= 0.3 is 0 Å². The van der Waals surface area contributed by atoms with Crippen molar-refractivity contribution in [3.05, 3.63) is 16.4 Å². The Bertz CT molecular complexity index is 334. The molecule has 0 bridgehead atoms. The first kappa shape index (κ1) is 12.1. The Kier molecular flexibility index (Phi) is 3.70. The van der Waals surface area contributed by atoms with Gasteiger partial charge in [-0.25, -0.2) is 0 Å². The van der Waals surface area contributed by atoms with Crippen LogP contribution in [-0.2, 0) is 7.05 Å². The van der Waals surface area contributed by atoms with E-state index in [1.807, 2.05) is 17.9 Å². The van der Waals surface area contributed by atoms with Crippen molar-refractivity contribution >= 4 is 15.9 Å². The number of nitrogens with two attached hydrogens (primary N) is 1. The standard InChI is InChI=1S/C12H20BrN3/c1-8-3-5-9(6-4-8)11(14)12-10(13)7-15-16(12)2/h7-9,11H,3-6,14H2,1-2H3. The van der Waals surface area contributed by atoms with E-state index in [0.29, 0.717) is 5.92 Å². The molecular weight excluding hydrogens is 266 g/mol. The maximum atomic E-state index is 6.37. The summed E-state index contributed by atoms with van der Waals surface area (Å²) in [5.41, 5.74) is 7.51. The Labute approximate surface area is 106 Å². The van der Waals surface area contributed by atoms with Crippen molar-refractivity contribution in [3.63, 3.8) is 0 Å². The zero-order valence-electron chi connectivity index (χ0n) is 9.99. The lowest BCUT2D eigenvalue weighted by Crippen LogP contribution is -2.27. The Morgan fingerprint density at radius 1 is 1.44 bits per heavy atom. The first-order valence-electron chi connectivity index (χ1n) is 6.02. The first-order valence-corrected chi connectivity index (χ1v) is 6.82. The van der Waals surface area contributed by atoms with Crippen molar-refractivity contribution in [1.82, 2.24) is 9.78 Å². The summed E-state index contributed by atoms with van der Waals surface area (Å²) in [6, 6.07) is 0.120. The number of hydrogen-bond donors (Lipinski definition) is 1. The van der Waals surface area contributed by atoms with Crippen molar-refractivity contribution in [3.8, 4) is 0 Å². The van der Waals surface area contributed by atoms with Crippen LogP contribution in [0.25, 0.3) is 0 Å². The second-order valence-corrected chi connectivity index (χ2v) is 5.90. The summed E-state index contributed by atoms with van der Waals surface area (Å²) >= 11 is 3.53. The van der Waals surface area contributed by atoms with Gasteiger partial charge in [0, 0.05) is 7.05 Å². The molecule has 0 spiro atoms. The molecule has 1 saturated carbocycles. The molecule has 1 aromatic rings. The first-order chi connectivity index (χ1) is 7.59. The number of halogens is 1. The second-order valence-electron chi connectivity index (χ2n) is 5.05. The number of aromatic nitrogens is 2. The molecule has 1 heterocycles. The third-order valence-corrected chi connectivity index (χ3v) is 4.43. The van der Waals surface area contributed by atoms with E-state index >= 15 is 0 Å². The van der Waals surface area contributed by atoms with Crippen molar-refractivity contribution in [2.24, 2.45) is 24.6 Å². The maximum Gasteiger partial charge on any atom is 0.0692 e.